The third-order valence-corrected chi connectivity index (χ3v) is 9.02. The number of benzene rings is 7. The average Bonchev–Trinajstić information content (AvgIpc) is 3.66. The topological polar surface area (TPSA) is 56.7 Å². The lowest BCUT2D eigenvalue weighted by Gasteiger charge is -2.12. The number of fused-ring (bicyclic) bond motifs is 10. The number of furan rings is 1. The van der Waals surface area contributed by atoms with Gasteiger partial charge in [-0.1, -0.05) is 127 Å². The van der Waals surface area contributed by atoms with Crippen molar-refractivity contribution in [3.8, 4) is 28.7 Å². The number of rotatable bonds is 3. The van der Waals surface area contributed by atoms with Crippen molar-refractivity contribution in [3.63, 3.8) is 0 Å². The van der Waals surface area contributed by atoms with E-state index < -0.39 is 0 Å². The maximum atomic E-state index is 6.63. The largest absolute Gasteiger partial charge is 0.455 e. The minimum atomic E-state index is 0.571. The summed E-state index contributed by atoms with van der Waals surface area (Å²) in [6.07, 6.45) is 0. The zero-order chi connectivity index (χ0) is 30.2. The first kappa shape index (κ1) is 25.0. The van der Waals surface area contributed by atoms with Gasteiger partial charge in [0.2, 0.25) is 5.95 Å². The Bertz CT molecular complexity index is 2740. The summed E-state index contributed by atoms with van der Waals surface area (Å²) in [5.41, 5.74) is 5.70. The molecule has 0 radical (unpaired) electrons. The molecule has 7 aromatic carbocycles. The summed E-state index contributed by atoms with van der Waals surface area (Å²) in [6, 6.07) is 50.3. The Morgan fingerprint density at radius 2 is 1.02 bits per heavy atom. The van der Waals surface area contributed by atoms with E-state index in [0.29, 0.717) is 17.6 Å². The molecule has 5 nitrogen and oxygen atoms in total. The normalized spacial score (nSPS) is 11.9. The second kappa shape index (κ2) is 9.58. The average molecular weight is 589 g/mol. The molecule has 0 aliphatic rings. The second-order valence-electron chi connectivity index (χ2n) is 11.7. The summed E-state index contributed by atoms with van der Waals surface area (Å²) in [5, 5.41) is 8.89. The molecular weight excluding hydrogens is 564 g/mol. The number of nitrogens with zero attached hydrogens (tertiary/aromatic N) is 4. The fourth-order valence-electron chi connectivity index (χ4n) is 6.88. The Morgan fingerprint density at radius 3 is 1.72 bits per heavy atom. The molecule has 3 heterocycles. The maximum absolute atomic E-state index is 6.63. The van der Waals surface area contributed by atoms with E-state index in [1.54, 1.807) is 0 Å². The van der Waals surface area contributed by atoms with Crippen LogP contribution in [0, 0.1) is 0 Å². The van der Waals surface area contributed by atoms with E-state index in [1.807, 2.05) is 60.7 Å². The molecule has 10 rings (SSSR count). The van der Waals surface area contributed by atoms with Crippen LogP contribution >= 0.6 is 0 Å². The van der Waals surface area contributed by atoms with Crippen LogP contribution in [0.4, 0.5) is 0 Å². The molecule has 0 bridgehead atoms. The summed E-state index contributed by atoms with van der Waals surface area (Å²) in [4.78, 5) is 15.3. The highest BCUT2D eigenvalue weighted by molar-refractivity contribution is 6.23. The van der Waals surface area contributed by atoms with Crippen molar-refractivity contribution in [2.24, 2.45) is 0 Å². The van der Waals surface area contributed by atoms with Crippen molar-refractivity contribution >= 4 is 65.3 Å². The third-order valence-electron chi connectivity index (χ3n) is 9.02. The molecular formula is C41H24N4O. The molecule has 0 aliphatic heterocycles. The summed E-state index contributed by atoms with van der Waals surface area (Å²) >= 11 is 0. The molecule has 0 N–H and O–H groups in total. The summed E-state index contributed by atoms with van der Waals surface area (Å²) < 4.78 is 8.84. The lowest BCUT2D eigenvalue weighted by Crippen LogP contribution is -2.06. The molecule has 3 aromatic heterocycles. The predicted molar refractivity (Wildman–Crippen MR) is 187 cm³/mol. The Kier molecular flexibility index (Phi) is 5.22. The maximum Gasteiger partial charge on any atom is 0.238 e. The van der Waals surface area contributed by atoms with Gasteiger partial charge in [-0.3, -0.25) is 4.57 Å². The minimum absolute atomic E-state index is 0.571. The first-order valence-corrected chi connectivity index (χ1v) is 15.4. The van der Waals surface area contributed by atoms with E-state index in [2.05, 4.69) is 89.5 Å². The van der Waals surface area contributed by atoms with Crippen molar-refractivity contribution < 1.29 is 4.42 Å². The molecule has 0 aliphatic carbocycles. The predicted octanol–water partition coefficient (Wildman–Crippen LogP) is 10.5. The van der Waals surface area contributed by atoms with Crippen molar-refractivity contribution in [1.29, 1.82) is 0 Å². The van der Waals surface area contributed by atoms with Crippen LogP contribution < -0.4 is 0 Å². The standard InChI is InChI=1S/C41H24N4O/c1-3-13-27(14-4-1)39-42-40(28-15-5-2-6-16-28)44-41(43-39)45-35-23-34-32-22-20-26-12-8-10-18-30(26)38(32)46-36(34)24-33(35)31-21-19-25-11-7-9-17-29(25)37(31)45/h1-24H. The summed E-state index contributed by atoms with van der Waals surface area (Å²) in [6.45, 7) is 0. The molecule has 0 fully saturated rings. The molecule has 0 saturated carbocycles. The molecule has 5 heteroatoms. The van der Waals surface area contributed by atoms with Crippen LogP contribution in [-0.2, 0) is 0 Å². The van der Waals surface area contributed by atoms with E-state index in [-0.39, 0.29) is 0 Å². The Hall–Kier alpha value is -6.33. The lowest BCUT2D eigenvalue weighted by molar-refractivity contribution is 0.673. The van der Waals surface area contributed by atoms with Crippen molar-refractivity contribution in [3.05, 3.63) is 146 Å². The van der Waals surface area contributed by atoms with Gasteiger partial charge in [-0.2, -0.15) is 9.97 Å². The van der Waals surface area contributed by atoms with Crippen LogP contribution in [0.1, 0.15) is 0 Å². The summed E-state index contributed by atoms with van der Waals surface area (Å²) in [7, 11) is 0. The molecule has 0 unspecified atom stereocenters. The number of hydrogen-bond donors (Lipinski definition) is 0. The monoisotopic (exact) mass is 588 g/mol. The van der Waals surface area contributed by atoms with Crippen LogP contribution in [0.5, 0.6) is 0 Å². The Morgan fingerprint density at radius 1 is 0.435 bits per heavy atom. The zero-order valence-corrected chi connectivity index (χ0v) is 24.6. The van der Waals surface area contributed by atoms with Gasteiger partial charge in [-0.25, -0.2) is 4.98 Å². The Labute approximate surface area is 263 Å². The highest BCUT2D eigenvalue weighted by Gasteiger charge is 2.22. The van der Waals surface area contributed by atoms with Gasteiger partial charge >= 0.3 is 0 Å². The van der Waals surface area contributed by atoms with Gasteiger partial charge in [-0.15, -0.1) is 0 Å². The van der Waals surface area contributed by atoms with Crippen LogP contribution in [0.2, 0.25) is 0 Å². The Balaban J connectivity index is 1.37. The molecule has 0 atom stereocenters. The van der Waals surface area contributed by atoms with E-state index in [0.717, 1.165) is 76.4 Å². The molecule has 46 heavy (non-hydrogen) atoms. The number of aromatic nitrogens is 4. The number of hydrogen-bond acceptors (Lipinski definition) is 4. The van der Waals surface area contributed by atoms with Crippen LogP contribution in [-0.4, -0.2) is 19.5 Å². The molecule has 0 saturated heterocycles. The third kappa shape index (κ3) is 3.66. The second-order valence-corrected chi connectivity index (χ2v) is 11.7. The van der Waals surface area contributed by atoms with Gasteiger partial charge in [0.05, 0.1) is 11.0 Å². The van der Waals surface area contributed by atoms with Gasteiger partial charge in [0.1, 0.15) is 11.2 Å². The smallest absolute Gasteiger partial charge is 0.238 e. The van der Waals surface area contributed by atoms with E-state index in [1.165, 1.54) is 0 Å². The van der Waals surface area contributed by atoms with Gasteiger partial charge in [0, 0.05) is 43.4 Å². The quantitative estimate of drug-likeness (QED) is 0.206. The minimum Gasteiger partial charge on any atom is -0.455 e. The van der Waals surface area contributed by atoms with Crippen molar-refractivity contribution in [2.45, 2.75) is 0 Å². The lowest BCUT2D eigenvalue weighted by atomic mass is 10.0. The van der Waals surface area contributed by atoms with Gasteiger partial charge in [0.15, 0.2) is 11.6 Å². The first-order chi connectivity index (χ1) is 22.8. The van der Waals surface area contributed by atoms with Crippen molar-refractivity contribution in [1.82, 2.24) is 19.5 Å². The first-order valence-electron chi connectivity index (χ1n) is 15.4. The molecule has 10 aromatic rings. The highest BCUT2D eigenvalue weighted by Crippen LogP contribution is 2.41. The van der Waals surface area contributed by atoms with E-state index in [4.69, 9.17) is 19.4 Å². The molecule has 0 spiro atoms. The fraction of sp³-hybridized carbons (Fsp3) is 0. The van der Waals surface area contributed by atoms with Crippen molar-refractivity contribution in [2.75, 3.05) is 0 Å². The van der Waals surface area contributed by atoms with Gasteiger partial charge in [-0.05, 0) is 29.0 Å². The van der Waals surface area contributed by atoms with Crippen LogP contribution in [0.15, 0.2) is 150 Å². The SMILES string of the molecule is c1ccc(-c2nc(-c3ccccc3)nc(-n3c4cc5c(cc4c4ccc6ccccc6c43)oc3c4ccccc4ccc53)n2)cc1. The van der Waals surface area contributed by atoms with E-state index >= 15 is 0 Å². The van der Waals surface area contributed by atoms with Crippen LogP contribution in [0.25, 0.3) is 94.0 Å². The molecule has 0 amide bonds. The van der Waals surface area contributed by atoms with E-state index in [9.17, 15) is 0 Å². The highest BCUT2D eigenvalue weighted by atomic mass is 16.3. The summed E-state index contributed by atoms with van der Waals surface area (Å²) in [5.74, 6) is 1.82. The van der Waals surface area contributed by atoms with Gasteiger partial charge in [0.25, 0.3) is 0 Å². The molecule has 214 valence electrons. The fourth-order valence-corrected chi connectivity index (χ4v) is 6.88. The van der Waals surface area contributed by atoms with Crippen LogP contribution in [0.3, 0.4) is 0 Å². The van der Waals surface area contributed by atoms with Gasteiger partial charge < -0.3 is 4.42 Å². The zero-order valence-electron chi connectivity index (χ0n) is 24.6.